The molecule has 1 amide bonds. The van der Waals surface area contributed by atoms with Gasteiger partial charge in [-0.2, -0.15) is 0 Å². The van der Waals surface area contributed by atoms with E-state index in [0.717, 1.165) is 18.2 Å². The maximum atomic E-state index is 13.6. The summed E-state index contributed by atoms with van der Waals surface area (Å²) < 4.78 is 32.4. The summed E-state index contributed by atoms with van der Waals surface area (Å²) in [5.74, 6) is -2.76. The predicted molar refractivity (Wildman–Crippen MR) is 105 cm³/mol. The van der Waals surface area contributed by atoms with Crippen molar-refractivity contribution in [3.63, 3.8) is 0 Å². The lowest BCUT2D eigenvalue weighted by Crippen LogP contribution is -2.12. The summed E-state index contributed by atoms with van der Waals surface area (Å²) in [5.41, 5.74) is 1.01. The van der Waals surface area contributed by atoms with Crippen LogP contribution in [0.2, 0.25) is 5.02 Å². The molecule has 4 rings (SSSR count). The Labute approximate surface area is 172 Å². The second-order valence-electron chi connectivity index (χ2n) is 6.21. The highest BCUT2D eigenvalue weighted by Gasteiger charge is 2.17. The van der Waals surface area contributed by atoms with Gasteiger partial charge in [-0.3, -0.25) is 14.9 Å². The number of oxazole rings is 1. The van der Waals surface area contributed by atoms with E-state index in [1.54, 1.807) is 6.07 Å². The van der Waals surface area contributed by atoms with Gasteiger partial charge in [0.15, 0.2) is 17.2 Å². The zero-order valence-electron chi connectivity index (χ0n) is 14.9. The maximum absolute atomic E-state index is 13.6. The highest BCUT2D eigenvalue weighted by molar-refractivity contribution is 6.33. The number of carbonyl (C=O) groups is 1. The zero-order chi connectivity index (χ0) is 21.4. The number of rotatable bonds is 4. The molecule has 1 aromatic heterocycles. The fourth-order valence-corrected chi connectivity index (χ4v) is 3.00. The van der Waals surface area contributed by atoms with Gasteiger partial charge in [0.2, 0.25) is 5.89 Å². The van der Waals surface area contributed by atoms with Gasteiger partial charge in [-0.1, -0.05) is 17.7 Å². The molecule has 0 radical (unpaired) electrons. The Morgan fingerprint density at radius 2 is 1.87 bits per heavy atom. The molecule has 0 saturated carbocycles. The molecule has 0 aliphatic heterocycles. The first-order valence-corrected chi connectivity index (χ1v) is 8.81. The van der Waals surface area contributed by atoms with Crippen molar-refractivity contribution in [2.45, 2.75) is 0 Å². The van der Waals surface area contributed by atoms with Gasteiger partial charge in [-0.05, 0) is 36.4 Å². The van der Waals surface area contributed by atoms with Crippen LogP contribution in [0.25, 0.3) is 22.6 Å². The minimum Gasteiger partial charge on any atom is -0.436 e. The van der Waals surface area contributed by atoms with Crippen LogP contribution in [-0.2, 0) is 0 Å². The molecule has 1 heterocycles. The second kappa shape index (κ2) is 7.53. The van der Waals surface area contributed by atoms with E-state index in [4.69, 9.17) is 16.0 Å². The lowest BCUT2D eigenvalue weighted by atomic mass is 10.2. The fourth-order valence-electron chi connectivity index (χ4n) is 2.77. The van der Waals surface area contributed by atoms with E-state index in [-0.39, 0.29) is 27.7 Å². The number of non-ortho nitro benzene ring substituents is 1. The largest absolute Gasteiger partial charge is 0.436 e. The molecule has 0 aliphatic carbocycles. The fraction of sp³-hybridized carbons (Fsp3) is 0. The summed E-state index contributed by atoms with van der Waals surface area (Å²) in [5, 5.41) is 13.4. The lowest BCUT2D eigenvalue weighted by molar-refractivity contribution is -0.384. The van der Waals surface area contributed by atoms with Gasteiger partial charge in [0.25, 0.3) is 11.6 Å². The third kappa shape index (κ3) is 3.70. The molecule has 3 aromatic carbocycles. The van der Waals surface area contributed by atoms with Gasteiger partial charge >= 0.3 is 0 Å². The Morgan fingerprint density at radius 3 is 2.63 bits per heavy atom. The van der Waals surface area contributed by atoms with Crippen molar-refractivity contribution in [1.29, 1.82) is 0 Å². The van der Waals surface area contributed by atoms with Crippen LogP contribution < -0.4 is 5.32 Å². The van der Waals surface area contributed by atoms with Crippen molar-refractivity contribution in [2.24, 2.45) is 0 Å². The number of hydrogen-bond donors (Lipinski definition) is 1. The molecule has 0 atom stereocenters. The van der Waals surface area contributed by atoms with E-state index < -0.39 is 22.5 Å². The number of aromatic nitrogens is 1. The predicted octanol–water partition coefficient (Wildman–Crippen LogP) is 5.59. The third-order valence-electron chi connectivity index (χ3n) is 4.20. The number of fused-ring (bicyclic) bond motifs is 1. The molecule has 0 spiro atoms. The van der Waals surface area contributed by atoms with Gasteiger partial charge in [0.05, 0.1) is 15.5 Å². The number of amides is 1. The number of nitro groups is 1. The van der Waals surface area contributed by atoms with Crippen LogP contribution in [0.5, 0.6) is 0 Å². The third-order valence-corrected chi connectivity index (χ3v) is 4.52. The Hall–Kier alpha value is -3.85. The first-order chi connectivity index (χ1) is 14.3. The molecule has 0 unspecified atom stereocenters. The number of nitro benzene ring substituents is 1. The van der Waals surface area contributed by atoms with Crippen LogP contribution in [0.4, 0.5) is 20.2 Å². The molecule has 0 saturated heterocycles. The minimum atomic E-state index is -1.10. The van der Waals surface area contributed by atoms with Gasteiger partial charge in [0.1, 0.15) is 5.52 Å². The number of hydrogen-bond acceptors (Lipinski definition) is 5. The Bertz CT molecular complexity index is 1320. The average Bonchev–Trinajstić information content (AvgIpc) is 3.13. The van der Waals surface area contributed by atoms with Crippen molar-refractivity contribution in [2.75, 3.05) is 5.32 Å². The Morgan fingerprint density at radius 1 is 1.10 bits per heavy atom. The quantitative estimate of drug-likeness (QED) is 0.259. The van der Waals surface area contributed by atoms with Crippen molar-refractivity contribution >= 4 is 40.0 Å². The van der Waals surface area contributed by atoms with Crippen LogP contribution in [0.3, 0.4) is 0 Å². The van der Waals surface area contributed by atoms with Crippen LogP contribution in [0, 0.1) is 21.7 Å². The molecule has 30 heavy (non-hydrogen) atoms. The number of benzene rings is 3. The zero-order valence-corrected chi connectivity index (χ0v) is 15.6. The molecule has 0 fully saturated rings. The molecule has 7 nitrogen and oxygen atoms in total. The standard InChI is InChI=1S/C20H10ClF2N3O4/c21-14-9-16(23)15(22)8-13(14)20-25-17-7-11(4-5-18(17)30-20)24-19(27)10-2-1-3-12(6-10)26(28)29/h1-9H,(H,24,27). The Kier molecular flexibility index (Phi) is 4.88. The Balaban J connectivity index is 1.63. The first kappa shape index (κ1) is 19.5. The highest BCUT2D eigenvalue weighted by atomic mass is 35.5. The molecular formula is C20H10ClF2N3O4. The van der Waals surface area contributed by atoms with E-state index >= 15 is 0 Å². The summed E-state index contributed by atoms with van der Waals surface area (Å²) in [6.07, 6.45) is 0. The topological polar surface area (TPSA) is 98.3 Å². The number of anilines is 1. The number of nitrogens with one attached hydrogen (secondary N) is 1. The molecule has 150 valence electrons. The maximum Gasteiger partial charge on any atom is 0.270 e. The van der Waals surface area contributed by atoms with Gasteiger partial charge in [0, 0.05) is 23.4 Å². The number of halogens is 3. The number of carbonyl (C=O) groups excluding carboxylic acids is 1. The van der Waals surface area contributed by atoms with E-state index in [1.807, 2.05) is 0 Å². The van der Waals surface area contributed by atoms with Crippen LogP contribution in [0.1, 0.15) is 10.4 Å². The monoisotopic (exact) mass is 429 g/mol. The molecule has 1 N–H and O–H groups in total. The van der Waals surface area contributed by atoms with Gasteiger partial charge in [-0.15, -0.1) is 0 Å². The normalized spacial score (nSPS) is 10.9. The van der Waals surface area contributed by atoms with E-state index in [0.29, 0.717) is 16.8 Å². The number of nitrogens with zero attached hydrogens (tertiary/aromatic N) is 2. The van der Waals surface area contributed by atoms with E-state index in [9.17, 15) is 23.7 Å². The van der Waals surface area contributed by atoms with Crippen LogP contribution in [0.15, 0.2) is 59.0 Å². The molecule has 4 aromatic rings. The van der Waals surface area contributed by atoms with E-state index in [2.05, 4.69) is 10.3 Å². The van der Waals surface area contributed by atoms with Crippen LogP contribution >= 0.6 is 11.6 Å². The summed E-state index contributed by atoms with van der Waals surface area (Å²) >= 11 is 5.95. The second-order valence-corrected chi connectivity index (χ2v) is 6.62. The molecule has 0 bridgehead atoms. The average molecular weight is 430 g/mol. The summed E-state index contributed by atoms with van der Waals surface area (Å²) in [6, 6.07) is 11.6. The minimum absolute atomic E-state index is 0.0175. The first-order valence-electron chi connectivity index (χ1n) is 8.43. The van der Waals surface area contributed by atoms with Crippen molar-refractivity contribution in [3.05, 3.63) is 86.9 Å². The highest BCUT2D eigenvalue weighted by Crippen LogP contribution is 2.32. The summed E-state index contributed by atoms with van der Waals surface area (Å²) in [6.45, 7) is 0. The SMILES string of the molecule is O=C(Nc1ccc2oc(-c3cc(F)c(F)cc3Cl)nc2c1)c1cccc([N+](=O)[O-])c1. The van der Waals surface area contributed by atoms with Gasteiger partial charge in [-0.25, -0.2) is 13.8 Å². The van der Waals surface area contributed by atoms with Crippen molar-refractivity contribution < 1.29 is 22.9 Å². The van der Waals surface area contributed by atoms with Crippen LogP contribution in [-0.4, -0.2) is 15.8 Å². The lowest BCUT2D eigenvalue weighted by Gasteiger charge is -2.04. The molecular weight excluding hydrogens is 420 g/mol. The smallest absolute Gasteiger partial charge is 0.270 e. The summed E-state index contributed by atoms with van der Waals surface area (Å²) in [7, 11) is 0. The molecule has 0 aliphatic rings. The van der Waals surface area contributed by atoms with E-state index in [1.165, 1.54) is 30.3 Å². The summed E-state index contributed by atoms with van der Waals surface area (Å²) in [4.78, 5) is 26.9. The van der Waals surface area contributed by atoms with Crippen molar-refractivity contribution in [1.82, 2.24) is 4.98 Å². The van der Waals surface area contributed by atoms with Crippen molar-refractivity contribution in [3.8, 4) is 11.5 Å². The molecule has 10 heteroatoms. The van der Waals surface area contributed by atoms with Gasteiger partial charge < -0.3 is 9.73 Å².